The fraction of sp³-hybridized carbons (Fsp3) is 0.200. The Hall–Kier alpha value is -0.960. The number of hydrogen-bond acceptors (Lipinski definition) is 2. The lowest BCUT2D eigenvalue weighted by atomic mass is 10.2. The largest absolute Gasteiger partial charge is 0.495 e. The van der Waals surface area contributed by atoms with Gasteiger partial charge in [0.1, 0.15) is 5.75 Å². The van der Waals surface area contributed by atoms with Crippen LogP contribution in [0.3, 0.4) is 0 Å². The fourth-order valence-corrected chi connectivity index (χ4v) is 1.22. The zero-order chi connectivity index (χ0) is 9.68. The Bertz CT molecular complexity index is 310. The van der Waals surface area contributed by atoms with E-state index in [1.54, 1.807) is 7.11 Å². The fourth-order valence-electron chi connectivity index (χ4n) is 1.04. The van der Waals surface area contributed by atoms with Crippen LogP contribution in [-0.4, -0.2) is 12.4 Å². The second kappa shape index (κ2) is 4.92. The van der Waals surface area contributed by atoms with Crippen molar-refractivity contribution >= 4 is 27.7 Å². The summed E-state index contributed by atoms with van der Waals surface area (Å²) in [4.78, 5) is 0. The van der Waals surface area contributed by atoms with Gasteiger partial charge in [-0.05, 0) is 17.7 Å². The second-order valence-corrected chi connectivity index (χ2v) is 3.21. The van der Waals surface area contributed by atoms with Gasteiger partial charge < -0.3 is 10.5 Å². The smallest absolute Gasteiger partial charge is 0.141 e. The molecular formula is C10H12BrNO. The van der Waals surface area contributed by atoms with E-state index in [1.807, 2.05) is 30.4 Å². The lowest BCUT2D eigenvalue weighted by Gasteiger charge is -2.04. The highest BCUT2D eigenvalue weighted by Gasteiger charge is 1.97. The summed E-state index contributed by atoms with van der Waals surface area (Å²) in [5, 5.41) is 0.846. The van der Waals surface area contributed by atoms with E-state index in [0.29, 0.717) is 5.69 Å². The number of nitrogen functional groups attached to an aromatic ring is 1. The summed E-state index contributed by atoms with van der Waals surface area (Å²) in [6.45, 7) is 0. The summed E-state index contributed by atoms with van der Waals surface area (Å²) in [7, 11) is 1.61. The molecule has 0 fully saturated rings. The number of ether oxygens (including phenoxy) is 1. The van der Waals surface area contributed by atoms with Gasteiger partial charge in [-0.15, -0.1) is 0 Å². The first-order chi connectivity index (χ1) is 6.27. The van der Waals surface area contributed by atoms with E-state index < -0.39 is 0 Å². The average molecular weight is 242 g/mol. The Morgan fingerprint density at radius 3 is 2.85 bits per heavy atom. The molecule has 1 aromatic carbocycles. The summed E-state index contributed by atoms with van der Waals surface area (Å²) >= 11 is 3.31. The molecule has 0 atom stereocenters. The third-order valence-electron chi connectivity index (χ3n) is 1.65. The van der Waals surface area contributed by atoms with Crippen molar-refractivity contribution in [3.05, 3.63) is 29.8 Å². The molecule has 0 aliphatic heterocycles. The zero-order valence-electron chi connectivity index (χ0n) is 7.46. The Kier molecular flexibility index (Phi) is 3.83. The van der Waals surface area contributed by atoms with E-state index in [1.165, 1.54) is 0 Å². The first kappa shape index (κ1) is 10.1. The molecule has 0 saturated heterocycles. The van der Waals surface area contributed by atoms with Crippen LogP contribution < -0.4 is 10.5 Å². The van der Waals surface area contributed by atoms with E-state index in [0.717, 1.165) is 16.6 Å². The molecule has 0 aliphatic carbocycles. The standard InChI is InChI=1S/C10H12BrNO/c1-13-10-5-4-8(3-2-6-11)7-9(10)12/h2-5,7H,6,12H2,1H3. The molecule has 70 valence electrons. The molecule has 1 rings (SSSR count). The first-order valence-electron chi connectivity index (χ1n) is 3.94. The van der Waals surface area contributed by atoms with Crippen LogP contribution in [0.15, 0.2) is 24.3 Å². The molecule has 0 amide bonds. The number of methoxy groups -OCH3 is 1. The van der Waals surface area contributed by atoms with Gasteiger partial charge in [0.05, 0.1) is 12.8 Å². The predicted octanol–water partition coefficient (Wildman–Crippen LogP) is 2.69. The molecule has 0 spiro atoms. The number of anilines is 1. The van der Waals surface area contributed by atoms with E-state index >= 15 is 0 Å². The lowest BCUT2D eigenvalue weighted by Crippen LogP contribution is -1.92. The van der Waals surface area contributed by atoms with E-state index in [2.05, 4.69) is 15.9 Å². The number of halogens is 1. The monoisotopic (exact) mass is 241 g/mol. The summed E-state index contributed by atoms with van der Waals surface area (Å²) in [5.41, 5.74) is 7.48. The van der Waals surface area contributed by atoms with Crippen molar-refractivity contribution < 1.29 is 4.74 Å². The van der Waals surface area contributed by atoms with Gasteiger partial charge in [0.15, 0.2) is 0 Å². The zero-order valence-corrected chi connectivity index (χ0v) is 9.04. The Balaban J connectivity index is 2.89. The van der Waals surface area contributed by atoms with Crippen LogP contribution in [0, 0.1) is 0 Å². The molecule has 0 aliphatic rings. The minimum Gasteiger partial charge on any atom is -0.495 e. The lowest BCUT2D eigenvalue weighted by molar-refractivity contribution is 0.417. The number of allylic oxidation sites excluding steroid dienone is 1. The van der Waals surface area contributed by atoms with Crippen molar-refractivity contribution in [1.29, 1.82) is 0 Å². The molecule has 0 heterocycles. The normalized spacial score (nSPS) is 10.6. The highest BCUT2D eigenvalue weighted by atomic mass is 79.9. The third kappa shape index (κ3) is 2.77. The Labute approximate surface area is 86.5 Å². The molecule has 0 saturated carbocycles. The molecule has 13 heavy (non-hydrogen) atoms. The van der Waals surface area contributed by atoms with Crippen LogP contribution in [0.2, 0.25) is 0 Å². The maximum absolute atomic E-state index is 5.73. The predicted molar refractivity (Wildman–Crippen MR) is 60.2 cm³/mol. The highest BCUT2D eigenvalue weighted by molar-refractivity contribution is 9.09. The van der Waals surface area contributed by atoms with E-state index in [-0.39, 0.29) is 0 Å². The summed E-state index contributed by atoms with van der Waals surface area (Å²) in [5.74, 6) is 0.719. The number of nitrogens with two attached hydrogens (primary N) is 1. The van der Waals surface area contributed by atoms with Gasteiger partial charge >= 0.3 is 0 Å². The molecule has 3 heteroatoms. The first-order valence-corrected chi connectivity index (χ1v) is 5.06. The van der Waals surface area contributed by atoms with Crippen LogP contribution in [0.25, 0.3) is 6.08 Å². The van der Waals surface area contributed by atoms with Crippen molar-refractivity contribution in [1.82, 2.24) is 0 Å². The summed E-state index contributed by atoms with van der Waals surface area (Å²) in [6, 6.07) is 5.72. The van der Waals surface area contributed by atoms with E-state index in [9.17, 15) is 0 Å². The topological polar surface area (TPSA) is 35.2 Å². The molecule has 0 bridgehead atoms. The van der Waals surface area contributed by atoms with Crippen molar-refractivity contribution in [2.75, 3.05) is 18.2 Å². The molecule has 0 unspecified atom stereocenters. The van der Waals surface area contributed by atoms with Crippen LogP contribution >= 0.6 is 15.9 Å². The molecule has 1 aromatic rings. The number of benzene rings is 1. The van der Waals surface area contributed by atoms with Gasteiger partial charge in [-0.3, -0.25) is 0 Å². The SMILES string of the molecule is COc1ccc(C=CCBr)cc1N. The van der Waals surface area contributed by atoms with Crippen molar-refractivity contribution in [3.63, 3.8) is 0 Å². The van der Waals surface area contributed by atoms with Gasteiger partial charge in [0.2, 0.25) is 0 Å². The minimum absolute atomic E-state index is 0.666. The van der Waals surface area contributed by atoms with Crippen molar-refractivity contribution in [2.24, 2.45) is 0 Å². The average Bonchev–Trinajstić information content (AvgIpc) is 2.15. The van der Waals surface area contributed by atoms with Crippen LogP contribution in [-0.2, 0) is 0 Å². The summed E-state index contributed by atoms with van der Waals surface area (Å²) < 4.78 is 5.05. The Morgan fingerprint density at radius 1 is 1.54 bits per heavy atom. The van der Waals surface area contributed by atoms with Crippen LogP contribution in [0.4, 0.5) is 5.69 Å². The molecule has 0 aromatic heterocycles. The van der Waals surface area contributed by atoms with E-state index in [4.69, 9.17) is 10.5 Å². The van der Waals surface area contributed by atoms with Gasteiger partial charge in [0.25, 0.3) is 0 Å². The van der Waals surface area contributed by atoms with Gasteiger partial charge in [-0.2, -0.15) is 0 Å². The quantitative estimate of drug-likeness (QED) is 0.653. The third-order valence-corrected chi connectivity index (χ3v) is 2.03. The maximum Gasteiger partial charge on any atom is 0.141 e. The van der Waals surface area contributed by atoms with Crippen LogP contribution in [0.1, 0.15) is 5.56 Å². The Morgan fingerprint density at radius 2 is 2.31 bits per heavy atom. The summed E-state index contributed by atoms with van der Waals surface area (Å²) in [6.07, 6.45) is 4.02. The van der Waals surface area contributed by atoms with Crippen molar-refractivity contribution in [3.8, 4) is 5.75 Å². The number of rotatable bonds is 3. The van der Waals surface area contributed by atoms with Crippen molar-refractivity contribution in [2.45, 2.75) is 0 Å². The number of hydrogen-bond donors (Lipinski definition) is 1. The minimum atomic E-state index is 0.666. The molecule has 2 N–H and O–H groups in total. The number of alkyl halides is 1. The molecule has 0 radical (unpaired) electrons. The van der Waals surface area contributed by atoms with Gasteiger partial charge in [-0.1, -0.05) is 34.1 Å². The maximum atomic E-state index is 5.73. The van der Waals surface area contributed by atoms with Gasteiger partial charge in [-0.25, -0.2) is 0 Å². The second-order valence-electron chi connectivity index (χ2n) is 2.56. The van der Waals surface area contributed by atoms with Crippen LogP contribution in [0.5, 0.6) is 5.75 Å². The molecular weight excluding hydrogens is 230 g/mol. The highest BCUT2D eigenvalue weighted by Crippen LogP contribution is 2.22. The van der Waals surface area contributed by atoms with Gasteiger partial charge in [0, 0.05) is 5.33 Å². The molecule has 2 nitrogen and oxygen atoms in total.